The maximum atomic E-state index is 12.1. The molecule has 0 aromatic carbocycles. The highest BCUT2D eigenvalue weighted by atomic mass is 35.5. The number of carbonyl (C=O) groups excluding carboxylic acids is 2. The summed E-state index contributed by atoms with van der Waals surface area (Å²) in [4.78, 5) is 27.8. The predicted octanol–water partition coefficient (Wildman–Crippen LogP) is 0.0920. The molecule has 2 atom stereocenters. The first-order valence-electron chi connectivity index (χ1n) is 6.84. The standard InChI is InChI=1S/C13H26N4O2.2ClH/c1-9(2)12(14)13(19)15-7-11(18)17-6-5-16(4)8-10(17)3;;/h9-10,12H,5-8,14H2,1-4H3,(H,15,19);2*1H/t10?,12-;;/m0../s1. The van der Waals surface area contributed by atoms with Gasteiger partial charge >= 0.3 is 0 Å². The van der Waals surface area contributed by atoms with Crippen LogP contribution in [0.2, 0.25) is 0 Å². The fraction of sp³-hybridized carbons (Fsp3) is 0.846. The van der Waals surface area contributed by atoms with Gasteiger partial charge in [-0.05, 0) is 19.9 Å². The zero-order valence-corrected chi connectivity index (χ0v) is 14.8. The van der Waals surface area contributed by atoms with Crippen molar-refractivity contribution >= 4 is 36.6 Å². The summed E-state index contributed by atoms with van der Waals surface area (Å²) < 4.78 is 0. The third kappa shape index (κ3) is 6.82. The molecule has 0 spiro atoms. The highest BCUT2D eigenvalue weighted by Gasteiger charge is 2.26. The topological polar surface area (TPSA) is 78.7 Å². The maximum Gasteiger partial charge on any atom is 0.242 e. The first kappa shape index (κ1) is 22.7. The van der Waals surface area contributed by atoms with Gasteiger partial charge in [0.2, 0.25) is 11.8 Å². The van der Waals surface area contributed by atoms with Gasteiger partial charge in [0, 0.05) is 25.7 Å². The van der Waals surface area contributed by atoms with Crippen molar-refractivity contribution in [2.75, 3.05) is 33.2 Å². The van der Waals surface area contributed by atoms with E-state index in [4.69, 9.17) is 5.73 Å². The molecule has 1 aliphatic heterocycles. The molecule has 8 heteroatoms. The monoisotopic (exact) mass is 342 g/mol. The number of nitrogens with two attached hydrogens (primary N) is 1. The molecule has 3 N–H and O–H groups in total. The molecule has 6 nitrogen and oxygen atoms in total. The largest absolute Gasteiger partial charge is 0.346 e. The minimum Gasteiger partial charge on any atom is -0.346 e. The van der Waals surface area contributed by atoms with Gasteiger partial charge in [-0.15, -0.1) is 24.8 Å². The number of carbonyl (C=O) groups is 2. The molecular formula is C13H28Cl2N4O2. The van der Waals surface area contributed by atoms with Crippen molar-refractivity contribution < 1.29 is 9.59 Å². The average Bonchev–Trinajstić information content (AvgIpc) is 2.34. The van der Waals surface area contributed by atoms with Crippen molar-refractivity contribution in [1.29, 1.82) is 0 Å². The Hall–Kier alpha value is -0.560. The van der Waals surface area contributed by atoms with Crippen molar-refractivity contribution in [1.82, 2.24) is 15.1 Å². The van der Waals surface area contributed by atoms with E-state index in [1.165, 1.54) is 0 Å². The summed E-state index contributed by atoms with van der Waals surface area (Å²) in [6.07, 6.45) is 0. The number of hydrogen-bond acceptors (Lipinski definition) is 4. The van der Waals surface area contributed by atoms with E-state index < -0.39 is 6.04 Å². The number of likely N-dealkylation sites (N-methyl/N-ethyl adjacent to an activating group) is 1. The Morgan fingerprint density at radius 2 is 1.86 bits per heavy atom. The van der Waals surface area contributed by atoms with Gasteiger partial charge in [0.25, 0.3) is 0 Å². The SMILES string of the molecule is CC(C)[C@H](N)C(=O)NCC(=O)N1CCN(C)CC1C.Cl.Cl. The van der Waals surface area contributed by atoms with E-state index in [1.807, 2.05) is 32.7 Å². The molecule has 0 aromatic rings. The number of rotatable bonds is 4. The van der Waals surface area contributed by atoms with Crippen LogP contribution < -0.4 is 11.1 Å². The molecular weight excluding hydrogens is 315 g/mol. The molecule has 1 fully saturated rings. The van der Waals surface area contributed by atoms with Crippen LogP contribution in [0.5, 0.6) is 0 Å². The summed E-state index contributed by atoms with van der Waals surface area (Å²) in [7, 11) is 2.04. The Morgan fingerprint density at radius 3 is 2.33 bits per heavy atom. The van der Waals surface area contributed by atoms with E-state index in [-0.39, 0.29) is 55.1 Å². The van der Waals surface area contributed by atoms with E-state index in [2.05, 4.69) is 10.2 Å². The molecule has 2 amide bonds. The first-order chi connectivity index (χ1) is 8.82. The summed E-state index contributed by atoms with van der Waals surface area (Å²) in [6.45, 7) is 8.27. The average molecular weight is 343 g/mol. The summed E-state index contributed by atoms with van der Waals surface area (Å²) >= 11 is 0. The normalized spacial score (nSPS) is 20.3. The molecule has 1 aliphatic rings. The molecule has 1 heterocycles. The second kappa shape index (κ2) is 10.2. The number of piperazine rings is 1. The minimum atomic E-state index is -0.558. The molecule has 0 aliphatic carbocycles. The summed E-state index contributed by atoms with van der Waals surface area (Å²) in [5, 5.41) is 2.62. The summed E-state index contributed by atoms with van der Waals surface area (Å²) in [5.74, 6) is -0.229. The van der Waals surface area contributed by atoms with Crippen LogP contribution in [0.25, 0.3) is 0 Å². The van der Waals surface area contributed by atoms with Crippen LogP contribution in [0.4, 0.5) is 0 Å². The quantitative estimate of drug-likeness (QED) is 0.759. The molecule has 0 bridgehead atoms. The van der Waals surface area contributed by atoms with Gasteiger partial charge < -0.3 is 20.9 Å². The zero-order valence-electron chi connectivity index (χ0n) is 13.2. The van der Waals surface area contributed by atoms with E-state index in [0.29, 0.717) is 6.54 Å². The Labute approximate surface area is 139 Å². The Morgan fingerprint density at radius 1 is 1.29 bits per heavy atom. The van der Waals surface area contributed by atoms with Gasteiger partial charge in [0.1, 0.15) is 0 Å². The van der Waals surface area contributed by atoms with Gasteiger partial charge in [-0.1, -0.05) is 13.8 Å². The van der Waals surface area contributed by atoms with Gasteiger partial charge in [0.05, 0.1) is 12.6 Å². The molecule has 1 rings (SSSR count). The third-order valence-corrected chi connectivity index (χ3v) is 3.59. The highest BCUT2D eigenvalue weighted by molar-refractivity contribution is 5.87. The van der Waals surface area contributed by atoms with Crippen molar-refractivity contribution in [3.05, 3.63) is 0 Å². The van der Waals surface area contributed by atoms with E-state index in [1.54, 1.807) is 0 Å². The Balaban J connectivity index is 0. The fourth-order valence-electron chi connectivity index (χ4n) is 2.20. The lowest BCUT2D eigenvalue weighted by atomic mass is 10.1. The minimum absolute atomic E-state index is 0. The van der Waals surface area contributed by atoms with Crippen LogP contribution in [-0.4, -0.2) is 66.9 Å². The first-order valence-corrected chi connectivity index (χ1v) is 6.84. The Bertz CT molecular complexity index is 342. The van der Waals surface area contributed by atoms with Crippen LogP contribution in [0.3, 0.4) is 0 Å². The van der Waals surface area contributed by atoms with Crippen molar-refractivity contribution in [3.63, 3.8) is 0 Å². The summed E-state index contributed by atoms with van der Waals surface area (Å²) in [5.41, 5.74) is 5.73. The van der Waals surface area contributed by atoms with Gasteiger partial charge in [-0.25, -0.2) is 0 Å². The maximum absolute atomic E-state index is 12.1. The molecule has 1 unspecified atom stereocenters. The zero-order chi connectivity index (χ0) is 14.6. The van der Waals surface area contributed by atoms with Gasteiger partial charge in [-0.3, -0.25) is 9.59 Å². The lowest BCUT2D eigenvalue weighted by Crippen LogP contribution is -2.55. The van der Waals surface area contributed by atoms with Crippen LogP contribution in [0.15, 0.2) is 0 Å². The smallest absolute Gasteiger partial charge is 0.242 e. The highest BCUT2D eigenvalue weighted by Crippen LogP contribution is 2.07. The van der Waals surface area contributed by atoms with E-state index in [9.17, 15) is 9.59 Å². The second-order valence-corrected chi connectivity index (χ2v) is 5.69. The molecule has 1 saturated heterocycles. The lowest BCUT2D eigenvalue weighted by Gasteiger charge is -2.38. The number of hydrogen-bond donors (Lipinski definition) is 2. The van der Waals surface area contributed by atoms with Crippen LogP contribution >= 0.6 is 24.8 Å². The summed E-state index contributed by atoms with van der Waals surface area (Å²) in [6, 6.07) is -0.375. The molecule has 0 radical (unpaired) electrons. The second-order valence-electron chi connectivity index (χ2n) is 5.69. The lowest BCUT2D eigenvalue weighted by molar-refractivity contribution is -0.136. The van der Waals surface area contributed by atoms with E-state index >= 15 is 0 Å². The van der Waals surface area contributed by atoms with Crippen molar-refractivity contribution in [2.24, 2.45) is 11.7 Å². The van der Waals surface area contributed by atoms with Gasteiger partial charge in [-0.2, -0.15) is 0 Å². The third-order valence-electron chi connectivity index (χ3n) is 3.59. The number of nitrogens with one attached hydrogen (secondary N) is 1. The number of halogens is 2. The van der Waals surface area contributed by atoms with Crippen molar-refractivity contribution in [2.45, 2.75) is 32.9 Å². The molecule has 0 aromatic heterocycles. The predicted molar refractivity (Wildman–Crippen MR) is 89.0 cm³/mol. The molecule has 0 saturated carbocycles. The molecule has 126 valence electrons. The van der Waals surface area contributed by atoms with E-state index in [0.717, 1.165) is 13.1 Å². The van der Waals surface area contributed by atoms with Crippen molar-refractivity contribution in [3.8, 4) is 0 Å². The van der Waals surface area contributed by atoms with Gasteiger partial charge in [0.15, 0.2) is 0 Å². The Kier molecular flexibility index (Phi) is 11.0. The van der Waals surface area contributed by atoms with Crippen LogP contribution in [0.1, 0.15) is 20.8 Å². The number of amides is 2. The van der Waals surface area contributed by atoms with Crippen LogP contribution in [0, 0.1) is 5.92 Å². The molecule has 21 heavy (non-hydrogen) atoms. The fourth-order valence-corrected chi connectivity index (χ4v) is 2.20. The number of nitrogens with zero attached hydrogens (tertiary/aromatic N) is 2. The van der Waals surface area contributed by atoms with Crippen LogP contribution in [-0.2, 0) is 9.59 Å².